The Labute approximate surface area is 137 Å². The first kappa shape index (κ1) is 16.2. The molecule has 1 aliphatic heterocycles. The van der Waals surface area contributed by atoms with Gasteiger partial charge in [-0.05, 0) is 24.8 Å². The summed E-state index contributed by atoms with van der Waals surface area (Å²) in [6.07, 6.45) is 3.60. The highest BCUT2D eigenvalue weighted by molar-refractivity contribution is 7.89. The van der Waals surface area contributed by atoms with Gasteiger partial charge in [0, 0.05) is 25.2 Å². The van der Waals surface area contributed by atoms with E-state index >= 15 is 0 Å². The zero-order valence-corrected chi connectivity index (χ0v) is 14.4. The molecule has 0 saturated carbocycles. The molecule has 2 atom stereocenters. The fraction of sp³-hybridized carbons (Fsp3) is 0.471. The Balaban J connectivity index is 1.63. The molecular formula is C17H23N3O2S. The summed E-state index contributed by atoms with van der Waals surface area (Å²) in [5.41, 5.74) is 2.04. The van der Waals surface area contributed by atoms with Gasteiger partial charge in [-0.1, -0.05) is 37.3 Å². The second kappa shape index (κ2) is 6.45. The first-order valence-electron chi connectivity index (χ1n) is 8.00. The second-order valence-corrected chi connectivity index (χ2v) is 8.20. The molecule has 1 N–H and O–H groups in total. The van der Waals surface area contributed by atoms with Crippen LogP contribution in [0.2, 0.25) is 0 Å². The Hall–Kier alpha value is -1.66. The number of imidazole rings is 1. The van der Waals surface area contributed by atoms with Crippen LogP contribution in [0, 0.1) is 6.92 Å². The third kappa shape index (κ3) is 4.00. The molecule has 0 amide bonds. The average molecular weight is 333 g/mol. The van der Waals surface area contributed by atoms with Gasteiger partial charge in [0.05, 0.1) is 11.4 Å². The summed E-state index contributed by atoms with van der Waals surface area (Å²) in [7, 11) is -3.31. The number of benzene rings is 1. The molecule has 0 saturated heterocycles. The lowest BCUT2D eigenvalue weighted by atomic mass is 10.0. The van der Waals surface area contributed by atoms with E-state index in [1.807, 2.05) is 50.4 Å². The Kier molecular flexibility index (Phi) is 4.55. The van der Waals surface area contributed by atoms with Gasteiger partial charge in [-0.25, -0.2) is 18.1 Å². The largest absolute Gasteiger partial charge is 0.333 e. The van der Waals surface area contributed by atoms with E-state index in [4.69, 9.17) is 0 Å². The fourth-order valence-electron chi connectivity index (χ4n) is 3.19. The van der Waals surface area contributed by atoms with Crippen molar-refractivity contribution in [2.45, 2.75) is 45.2 Å². The van der Waals surface area contributed by atoms with Gasteiger partial charge in [0.25, 0.3) is 0 Å². The average Bonchev–Trinajstić information content (AvgIpc) is 2.86. The molecule has 5 nitrogen and oxygen atoms in total. The van der Waals surface area contributed by atoms with E-state index in [-0.39, 0.29) is 17.7 Å². The Morgan fingerprint density at radius 2 is 2.09 bits per heavy atom. The maximum Gasteiger partial charge on any atom is 0.212 e. The van der Waals surface area contributed by atoms with Crippen molar-refractivity contribution in [1.82, 2.24) is 14.3 Å². The molecule has 0 fully saturated rings. The standard InChI is InChI=1S/C17H23N3O2S/c1-13(15-6-4-3-5-7-15)12-23(21,22)19-16-8-9-17-18-14(2)10-20(17)11-16/h3-7,10,13,16,19H,8-9,11-12H2,1-2H3/t13-,16-/m0/s1. The summed E-state index contributed by atoms with van der Waals surface area (Å²) >= 11 is 0. The van der Waals surface area contributed by atoms with Crippen LogP contribution >= 0.6 is 0 Å². The minimum atomic E-state index is -3.31. The number of aromatic nitrogens is 2. The van der Waals surface area contributed by atoms with E-state index in [1.54, 1.807) is 0 Å². The predicted octanol–water partition coefficient (Wildman–Crippen LogP) is 2.23. The van der Waals surface area contributed by atoms with Crippen molar-refractivity contribution in [2.75, 3.05) is 5.75 Å². The van der Waals surface area contributed by atoms with Crippen LogP contribution in [0.3, 0.4) is 0 Å². The summed E-state index contributed by atoms with van der Waals surface area (Å²) in [5, 5.41) is 0. The number of sulfonamides is 1. The summed E-state index contributed by atoms with van der Waals surface area (Å²) < 4.78 is 29.9. The van der Waals surface area contributed by atoms with Crippen LogP contribution in [0.5, 0.6) is 0 Å². The maximum atomic E-state index is 12.5. The third-order valence-corrected chi connectivity index (χ3v) is 5.93. The lowest BCUT2D eigenvalue weighted by molar-refractivity contribution is 0.420. The van der Waals surface area contributed by atoms with Crippen LogP contribution in [-0.2, 0) is 23.0 Å². The third-order valence-electron chi connectivity index (χ3n) is 4.30. The van der Waals surface area contributed by atoms with Crippen LogP contribution in [0.1, 0.15) is 36.3 Å². The van der Waals surface area contributed by atoms with Gasteiger partial charge in [-0.15, -0.1) is 0 Å². The van der Waals surface area contributed by atoms with Crippen molar-refractivity contribution in [2.24, 2.45) is 0 Å². The highest BCUT2D eigenvalue weighted by Gasteiger charge is 2.25. The maximum absolute atomic E-state index is 12.5. The van der Waals surface area contributed by atoms with Crippen molar-refractivity contribution >= 4 is 10.0 Å². The highest BCUT2D eigenvalue weighted by atomic mass is 32.2. The summed E-state index contributed by atoms with van der Waals surface area (Å²) in [5.74, 6) is 1.14. The minimum Gasteiger partial charge on any atom is -0.333 e. The summed E-state index contributed by atoms with van der Waals surface area (Å²) in [6.45, 7) is 4.58. The number of rotatable bonds is 5. The van der Waals surface area contributed by atoms with Gasteiger partial charge >= 0.3 is 0 Å². The smallest absolute Gasteiger partial charge is 0.212 e. The fourth-order valence-corrected chi connectivity index (χ4v) is 4.84. The van der Waals surface area contributed by atoms with Crippen molar-refractivity contribution in [3.8, 4) is 0 Å². The van der Waals surface area contributed by atoms with E-state index < -0.39 is 10.0 Å². The highest BCUT2D eigenvalue weighted by Crippen LogP contribution is 2.19. The van der Waals surface area contributed by atoms with Crippen molar-refractivity contribution < 1.29 is 8.42 Å². The van der Waals surface area contributed by atoms with E-state index in [2.05, 4.69) is 14.3 Å². The zero-order valence-electron chi connectivity index (χ0n) is 13.6. The Bertz CT molecular complexity index is 768. The first-order valence-corrected chi connectivity index (χ1v) is 9.66. The van der Waals surface area contributed by atoms with Crippen LogP contribution in [-0.4, -0.2) is 29.8 Å². The van der Waals surface area contributed by atoms with Gasteiger partial charge in [0.2, 0.25) is 10.0 Å². The molecular weight excluding hydrogens is 310 g/mol. The van der Waals surface area contributed by atoms with E-state index in [9.17, 15) is 8.42 Å². The van der Waals surface area contributed by atoms with Crippen LogP contribution in [0.15, 0.2) is 36.5 Å². The normalized spacial score (nSPS) is 19.3. The zero-order chi connectivity index (χ0) is 16.4. The molecule has 0 aliphatic carbocycles. The van der Waals surface area contributed by atoms with Crippen molar-refractivity contribution in [3.05, 3.63) is 53.6 Å². The summed E-state index contributed by atoms with van der Waals surface area (Å²) in [6, 6.07) is 9.72. The topological polar surface area (TPSA) is 64.0 Å². The van der Waals surface area contributed by atoms with E-state index in [0.717, 1.165) is 29.9 Å². The number of aryl methyl sites for hydroxylation is 2. The molecule has 1 aromatic carbocycles. The lowest BCUT2D eigenvalue weighted by Gasteiger charge is -2.25. The number of hydrogen-bond donors (Lipinski definition) is 1. The molecule has 1 aromatic heterocycles. The Morgan fingerprint density at radius 1 is 1.35 bits per heavy atom. The molecule has 0 bridgehead atoms. The molecule has 0 spiro atoms. The van der Waals surface area contributed by atoms with Crippen LogP contribution in [0.25, 0.3) is 0 Å². The van der Waals surface area contributed by atoms with E-state index in [1.165, 1.54) is 0 Å². The monoisotopic (exact) mass is 333 g/mol. The van der Waals surface area contributed by atoms with Gasteiger partial charge in [-0.2, -0.15) is 0 Å². The van der Waals surface area contributed by atoms with Gasteiger partial charge in [0.15, 0.2) is 0 Å². The number of nitrogens with one attached hydrogen (secondary N) is 1. The van der Waals surface area contributed by atoms with Crippen LogP contribution in [0.4, 0.5) is 0 Å². The molecule has 1 aliphatic rings. The lowest BCUT2D eigenvalue weighted by Crippen LogP contribution is -2.42. The quantitative estimate of drug-likeness (QED) is 0.912. The molecule has 0 unspecified atom stereocenters. The molecule has 0 radical (unpaired) electrons. The van der Waals surface area contributed by atoms with Gasteiger partial charge in [-0.3, -0.25) is 0 Å². The summed E-state index contributed by atoms with van der Waals surface area (Å²) in [4.78, 5) is 4.46. The molecule has 6 heteroatoms. The molecule has 3 rings (SSSR count). The molecule has 23 heavy (non-hydrogen) atoms. The second-order valence-electron chi connectivity index (χ2n) is 6.40. The van der Waals surface area contributed by atoms with Gasteiger partial charge in [0.1, 0.15) is 5.82 Å². The Morgan fingerprint density at radius 3 is 2.83 bits per heavy atom. The SMILES string of the molecule is Cc1cn2c(n1)CC[C@H](NS(=O)(=O)C[C@H](C)c1ccccc1)C2. The van der Waals surface area contributed by atoms with Crippen molar-refractivity contribution in [3.63, 3.8) is 0 Å². The van der Waals surface area contributed by atoms with Gasteiger partial charge < -0.3 is 4.57 Å². The predicted molar refractivity (Wildman–Crippen MR) is 90.9 cm³/mol. The number of hydrogen-bond acceptors (Lipinski definition) is 3. The number of nitrogens with zero attached hydrogens (tertiary/aromatic N) is 2. The van der Waals surface area contributed by atoms with Crippen LogP contribution < -0.4 is 4.72 Å². The first-order chi connectivity index (χ1) is 10.9. The molecule has 2 aromatic rings. The molecule has 124 valence electrons. The van der Waals surface area contributed by atoms with E-state index in [0.29, 0.717) is 6.54 Å². The number of fused-ring (bicyclic) bond motifs is 1. The van der Waals surface area contributed by atoms with Crippen molar-refractivity contribution in [1.29, 1.82) is 0 Å². The minimum absolute atomic E-state index is 0.0247. The molecule has 2 heterocycles.